The highest BCUT2D eigenvalue weighted by Gasteiger charge is 2.26. The summed E-state index contributed by atoms with van der Waals surface area (Å²) in [6.07, 6.45) is 3.73. The number of nitrogens with zero attached hydrogens (tertiary/aromatic N) is 2. The van der Waals surface area contributed by atoms with Gasteiger partial charge in [0.25, 0.3) is 0 Å². The smallest absolute Gasteiger partial charge is 0.163 e. The molecule has 0 radical (unpaired) electrons. The first-order valence-electron chi connectivity index (χ1n) is 7.45. The van der Waals surface area contributed by atoms with Crippen LogP contribution in [-0.2, 0) is 12.8 Å². The highest BCUT2D eigenvalue weighted by atomic mass is 16.5. The molecule has 1 unspecified atom stereocenters. The molecule has 1 atom stereocenters. The van der Waals surface area contributed by atoms with Crippen molar-refractivity contribution in [2.24, 2.45) is 5.73 Å². The molecular formula is C17H21N3O. The van der Waals surface area contributed by atoms with Gasteiger partial charge >= 0.3 is 0 Å². The molecule has 21 heavy (non-hydrogen) atoms. The van der Waals surface area contributed by atoms with Crippen LogP contribution in [0, 0.1) is 13.8 Å². The van der Waals surface area contributed by atoms with E-state index in [1.807, 2.05) is 13.1 Å². The maximum absolute atomic E-state index is 6.00. The maximum atomic E-state index is 6.00. The Morgan fingerprint density at radius 2 is 2.14 bits per heavy atom. The predicted octanol–water partition coefficient (Wildman–Crippen LogP) is 2.59. The molecule has 110 valence electrons. The highest BCUT2D eigenvalue weighted by Crippen LogP contribution is 2.38. The molecule has 0 amide bonds. The van der Waals surface area contributed by atoms with Crippen LogP contribution in [0.5, 0.6) is 5.75 Å². The molecule has 1 aromatic carbocycles. The van der Waals surface area contributed by atoms with Gasteiger partial charge in [-0.15, -0.1) is 0 Å². The molecule has 0 saturated carbocycles. The fourth-order valence-electron chi connectivity index (χ4n) is 2.86. The third-order valence-electron chi connectivity index (χ3n) is 3.96. The SMILES string of the molecule is CCc1nc(-c2cc(C)cc3c2OC(CN)C3)ncc1C. The summed E-state index contributed by atoms with van der Waals surface area (Å²) < 4.78 is 6.00. The van der Waals surface area contributed by atoms with E-state index in [1.165, 1.54) is 11.1 Å². The fraction of sp³-hybridized carbons (Fsp3) is 0.412. The van der Waals surface area contributed by atoms with E-state index < -0.39 is 0 Å². The van der Waals surface area contributed by atoms with Crippen molar-refractivity contribution in [3.05, 3.63) is 40.7 Å². The van der Waals surface area contributed by atoms with Crippen LogP contribution in [0.25, 0.3) is 11.4 Å². The number of rotatable bonds is 3. The first kappa shape index (κ1) is 14.0. The van der Waals surface area contributed by atoms with E-state index in [0.717, 1.165) is 41.2 Å². The van der Waals surface area contributed by atoms with E-state index in [4.69, 9.17) is 15.5 Å². The predicted molar refractivity (Wildman–Crippen MR) is 83.5 cm³/mol. The lowest BCUT2D eigenvalue weighted by molar-refractivity contribution is 0.242. The molecule has 0 spiro atoms. The van der Waals surface area contributed by atoms with Crippen LogP contribution in [0.2, 0.25) is 0 Å². The summed E-state index contributed by atoms with van der Waals surface area (Å²) in [4.78, 5) is 9.21. The van der Waals surface area contributed by atoms with E-state index in [9.17, 15) is 0 Å². The number of ether oxygens (including phenoxy) is 1. The molecule has 0 fully saturated rings. The number of nitrogens with two attached hydrogens (primary N) is 1. The largest absolute Gasteiger partial charge is 0.488 e. The van der Waals surface area contributed by atoms with Gasteiger partial charge in [-0.25, -0.2) is 9.97 Å². The minimum absolute atomic E-state index is 0.0663. The number of benzene rings is 1. The van der Waals surface area contributed by atoms with Crippen molar-refractivity contribution < 1.29 is 4.74 Å². The summed E-state index contributed by atoms with van der Waals surface area (Å²) in [6.45, 7) is 6.78. The monoisotopic (exact) mass is 283 g/mol. The number of hydrogen-bond acceptors (Lipinski definition) is 4. The van der Waals surface area contributed by atoms with Gasteiger partial charge in [-0.2, -0.15) is 0 Å². The minimum Gasteiger partial charge on any atom is -0.488 e. The van der Waals surface area contributed by atoms with Gasteiger partial charge in [0.05, 0.1) is 5.56 Å². The number of hydrogen-bond donors (Lipinski definition) is 1. The second-order valence-corrected chi connectivity index (χ2v) is 5.66. The zero-order chi connectivity index (χ0) is 15.0. The van der Waals surface area contributed by atoms with Crippen LogP contribution in [0.3, 0.4) is 0 Å². The Kier molecular flexibility index (Phi) is 3.64. The molecule has 4 heteroatoms. The van der Waals surface area contributed by atoms with Crippen molar-refractivity contribution in [1.82, 2.24) is 9.97 Å². The van der Waals surface area contributed by atoms with Crippen LogP contribution < -0.4 is 10.5 Å². The Balaban J connectivity index is 2.12. The second kappa shape index (κ2) is 5.45. The van der Waals surface area contributed by atoms with Crippen molar-refractivity contribution >= 4 is 0 Å². The van der Waals surface area contributed by atoms with Crippen LogP contribution in [0.15, 0.2) is 18.3 Å². The van der Waals surface area contributed by atoms with Crippen molar-refractivity contribution in [1.29, 1.82) is 0 Å². The average Bonchev–Trinajstić information content (AvgIpc) is 2.89. The Hall–Kier alpha value is -1.94. The van der Waals surface area contributed by atoms with Crippen LogP contribution in [0.1, 0.15) is 29.3 Å². The van der Waals surface area contributed by atoms with Crippen molar-refractivity contribution in [3.8, 4) is 17.1 Å². The molecule has 4 nitrogen and oxygen atoms in total. The zero-order valence-corrected chi connectivity index (χ0v) is 12.8. The Bertz CT molecular complexity index is 682. The molecular weight excluding hydrogens is 262 g/mol. The lowest BCUT2D eigenvalue weighted by Gasteiger charge is -2.12. The van der Waals surface area contributed by atoms with Crippen LogP contribution in [-0.4, -0.2) is 22.6 Å². The Morgan fingerprint density at radius 1 is 1.33 bits per heavy atom. The van der Waals surface area contributed by atoms with Crippen LogP contribution >= 0.6 is 0 Å². The van der Waals surface area contributed by atoms with Gasteiger partial charge in [0.1, 0.15) is 11.9 Å². The summed E-state index contributed by atoms with van der Waals surface area (Å²) in [5.74, 6) is 1.65. The Morgan fingerprint density at radius 3 is 2.86 bits per heavy atom. The first-order valence-corrected chi connectivity index (χ1v) is 7.45. The average molecular weight is 283 g/mol. The lowest BCUT2D eigenvalue weighted by Crippen LogP contribution is -2.24. The quantitative estimate of drug-likeness (QED) is 0.940. The third-order valence-corrected chi connectivity index (χ3v) is 3.96. The van der Waals surface area contributed by atoms with Crippen molar-refractivity contribution in [3.63, 3.8) is 0 Å². The molecule has 2 heterocycles. The van der Waals surface area contributed by atoms with Gasteiger partial charge in [-0.05, 0) is 43.0 Å². The standard InChI is InChI=1S/C17H21N3O/c1-4-15-11(3)9-19-17(20-15)14-6-10(2)5-12-7-13(8-18)21-16(12)14/h5-6,9,13H,4,7-8,18H2,1-3H3. The van der Waals surface area contributed by atoms with Gasteiger partial charge in [-0.1, -0.05) is 13.0 Å². The summed E-state index contributed by atoms with van der Waals surface area (Å²) in [5.41, 5.74) is 11.4. The van der Waals surface area contributed by atoms with E-state index in [1.54, 1.807) is 0 Å². The second-order valence-electron chi connectivity index (χ2n) is 5.66. The van der Waals surface area contributed by atoms with E-state index in [-0.39, 0.29) is 6.10 Å². The third kappa shape index (κ3) is 2.51. The van der Waals surface area contributed by atoms with E-state index in [2.05, 4.69) is 31.0 Å². The molecule has 2 aromatic rings. The molecule has 1 aromatic heterocycles. The van der Waals surface area contributed by atoms with E-state index in [0.29, 0.717) is 6.54 Å². The summed E-state index contributed by atoms with van der Waals surface area (Å²) in [7, 11) is 0. The molecule has 1 aliphatic rings. The lowest BCUT2D eigenvalue weighted by atomic mass is 10.0. The Labute approximate surface area is 125 Å². The maximum Gasteiger partial charge on any atom is 0.163 e. The van der Waals surface area contributed by atoms with E-state index >= 15 is 0 Å². The molecule has 2 N–H and O–H groups in total. The van der Waals surface area contributed by atoms with Crippen molar-refractivity contribution in [2.45, 2.75) is 39.7 Å². The number of aryl methyl sites for hydroxylation is 3. The van der Waals surface area contributed by atoms with Gasteiger partial charge < -0.3 is 10.5 Å². The summed E-state index contributed by atoms with van der Waals surface area (Å²) in [6, 6.07) is 4.27. The number of fused-ring (bicyclic) bond motifs is 1. The topological polar surface area (TPSA) is 61.0 Å². The molecule has 0 aliphatic carbocycles. The number of aromatic nitrogens is 2. The summed E-state index contributed by atoms with van der Waals surface area (Å²) >= 11 is 0. The van der Waals surface area contributed by atoms with Gasteiger partial charge in [0.15, 0.2) is 5.82 Å². The van der Waals surface area contributed by atoms with Gasteiger partial charge in [0, 0.05) is 24.9 Å². The zero-order valence-electron chi connectivity index (χ0n) is 12.8. The molecule has 0 saturated heterocycles. The molecule has 1 aliphatic heterocycles. The summed E-state index contributed by atoms with van der Waals surface area (Å²) in [5, 5.41) is 0. The molecule has 3 rings (SSSR count). The highest BCUT2D eigenvalue weighted by molar-refractivity contribution is 5.69. The van der Waals surface area contributed by atoms with Crippen LogP contribution in [0.4, 0.5) is 0 Å². The minimum atomic E-state index is 0.0663. The fourth-order valence-corrected chi connectivity index (χ4v) is 2.86. The van der Waals surface area contributed by atoms with Gasteiger partial charge in [-0.3, -0.25) is 0 Å². The van der Waals surface area contributed by atoms with Gasteiger partial charge in [0.2, 0.25) is 0 Å². The molecule has 0 bridgehead atoms. The van der Waals surface area contributed by atoms with Crippen molar-refractivity contribution in [2.75, 3.05) is 6.54 Å². The normalized spacial score (nSPS) is 16.7. The first-order chi connectivity index (χ1) is 10.1.